The molecule has 2 atom stereocenters. The van der Waals surface area contributed by atoms with Gasteiger partial charge in [-0.1, -0.05) is 0 Å². The Labute approximate surface area is 102 Å². The molecule has 0 bridgehead atoms. The zero-order chi connectivity index (χ0) is 13.6. The minimum atomic E-state index is -1.64. The lowest BCUT2D eigenvalue weighted by molar-refractivity contribution is -0.160. The second-order valence-corrected chi connectivity index (χ2v) is 4.53. The minimum Gasteiger partial charge on any atom is -0.467 e. The summed E-state index contributed by atoms with van der Waals surface area (Å²) in [5, 5.41) is 15.2. The molecule has 0 saturated heterocycles. The number of carbonyl (C=O) groups excluding carboxylic acids is 2. The molecule has 6 heteroatoms. The van der Waals surface area contributed by atoms with Gasteiger partial charge >= 0.3 is 5.97 Å². The second kappa shape index (κ2) is 6.56. The molecule has 0 aliphatic carbocycles. The fourth-order valence-electron chi connectivity index (χ4n) is 1.15. The first-order chi connectivity index (χ1) is 7.70. The summed E-state index contributed by atoms with van der Waals surface area (Å²) in [6.07, 6.45) is 0. The van der Waals surface area contributed by atoms with Gasteiger partial charge < -0.3 is 20.5 Å². The Balaban J connectivity index is 4.19. The summed E-state index contributed by atoms with van der Waals surface area (Å²) in [7, 11) is 1.20. The molecule has 0 aliphatic heterocycles. The lowest BCUT2D eigenvalue weighted by atomic mass is 10.1. The van der Waals surface area contributed by atoms with Crippen LogP contribution in [0.15, 0.2) is 0 Å². The van der Waals surface area contributed by atoms with E-state index in [-0.39, 0.29) is 18.5 Å². The lowest BCUT2D eigenvalue weighted by Crippen LogP contribution is -2.52. The number of ether oxygens (including phenoxy) is 1. The standard InChI is InChI=1S/C11H22N2O4/c1-7(2)13-9(14)8(3)12-6-11(4,16)10(15)17-5/h7-8,12,16H,6H2,1-5H3,(H,13,14). The van der Waals surface area contributed by atoms with Crippen molar-refractivity contribution in [1.29, 1.82) is 0 Å². The van der Waals surface area contributed by atoms with Crippen molar-refractivity contribution in [3.8, 4) is 0 Å². The molecule has 0 rings (SSSR count). The summed E-state index contributed by atoms with van der Waals surface area (Å²) in [4.78, 5) is 22.7. The molecule has 0 aromatic heterocycles. The molecule has 0 saturated carbocycles. The highest BCUT2D eigenvalue weighted by Crippen LogP contribution is 2.04. The highest BCUT2D eigenvalue weighted by molar-refractivity contribution is 5.82. The van der Waals surface area contributed by atoms with E-state index in [0.29, 0.717) is 0 Å². The summed E-state index contributed by atoms with van der Waals surface area (Å²) in [5.41, 5.74) is -1.64. The third kappa shape index (κ3) is 5.65. The first-order valence-electron chi connectivity index (χ1n) is 5.55. The average Bonchev–Trinajstić information content (AvgIpc) is 2.23. The molecule has 100 valence electrons. The van der Waals surface area contributed by atoms with E-state index in [1.165, 1.54) is 14.0 Å². The number of hydrogen-bond acceptors (Lipinski definition) is 5. The van der Waals surface area contributed by atoms with Crippen LogP contribution in [-0.2, 0) is 14.3 Å². The first kappa shape index (κ1) is 15.9. The Hall–Kier alpha value is -1.14. The Bertz CT molecular complexity index is 277. The van der Waals surface area contributed by atoms with Crippen molar-refractivity contribution in [2.24, 2.45) is 0 Å². The highest BCUT2D eigenvalue weighted by atomic mass is 16.5. The Morgan fingerprint density at radius 3 is 2.29 bits per heavy atom. The van der Waals surface area contributed by atoms with Gasteiger partial charge in [0.25, 0.3) is 0 Å². The smallest absolute Gasteiger partial charge is 0.338 e. The van der Waals surface area contributed by atoms with Crippen LogP contribution in [0.25, 0.3) is 0 Å². The topological polar surface area (TPSA) is 87.7 Å². The van der Waals surface area contributed by atoms with E-state index in [0.717, 1.165) is 0 Å². The maximum atomic E-state index is 11.5. The van der Waals surface area contributed by atoms with E-state index >= 15 is 0 Å². The summed E-state index contributed by atoms with van der Waals surface area (Å²) in [6, 6.07) is -0.443. The average molecular weight is 246 g/mol. The third-order valence-corrected chi connectivity index (χ3v) is 2.20. The monoisotopic (exact) mass is 246 g/mol. The van der Waals surface area contributed by atoms with Crippen molar-refractivity contribution >= 4 is 11.9 Å². The van der Waals surface area contributed by atoms with Crippen LogP contribution in [0.3, 0.4) is 0 Å². The Morgan fingerprint density at radius 2 is 1.88 bits per heavy atom. The first-order valence-corrected chi connectivity index (χ1v) is 5.55. The molecule has 0 radical (unpaired) electrons. The molecule has 6 nitrogen and oxygen atoms in total. The fourth-order valence-corrected chi connectivity index (χ4v) is 1.15. The van der Waals surface area contributed by atoms with Gasteiger partial charge in [-0.15, -0.1) is 0 Å². The van der Waals surface area contributed by atoms with Crippen molar-refractivity contribution in [3.63, 3.8) is 0 Å². The zero-order valence-corrected chi connectivity index (χ0v) is 11.0. The molecular formula is C11H22N2O4. The fraction of sp³-hybridized carbons (Fsp3) is 0.818. The van der Waals surface area contributed by atoms with E-state index in [9.17, 15) is 14.7 Å². The van der Waals surface area contributed by atoms with E-state index in [1.54, 1.807) is 6.92 Å². The molecule has 0 aliphatic rings. The highest BCUT2D eigenvalue weighted by Gasteiger charge is 2.32. The summed E-state index contributed by atoms with van der Waals surface area (Å²) >= 11 is 0. The van der Waals surface area contributed by atoms with Gasteiger partial charge in [-0.2, -0.15) is 0 Å². The van der Waals surface area contributed by atoms with Gasteiger partial charge in [-0.3, -0.25) is 4.79 Å². The van der Waals surface area contributed by atoms with Crippen molar-refractivity contribution < 1.29 is 19.4 Å². The van der Waals surface area contributed by atoms with Gasteiger partial charge in [0.1, 0.15) is 0 Å². The summed E-state index contributed by atoms with van der Waals surface area (Å²) < 4.78 is 4.44. The maximum Gasteiger partial charge on any atom is 0.338 e. The molecule has 0 fully saturated rings. The van der Waals surface area contributed by atoms with Gasteiger partial charge in [0, 0.05) is 12.6 Å². The van der Waals surface area contributed by atoms with E-state index in [4.69, 9.17) is 0 Å². The Kier molecular flexibility index (Phi) is 6.12. The van der Waals surface area contributed by atoms with E-state index in [1.807, 2.05) is 13.8 Å². The van der Waals surface area contributed by atoms with Crippen LogP contribution in [0.4, 0.5) is 0 Å². The molecule has 0 aromatic carbocycles. The summed E-state index contributed by atoms with van der Waals surface area (Å²) in [5.74, 6) is -0.915. The van der Waals surface area contributed by atoms with Crippen molar-refractivity contribution in [2.75, 3.05) is 13.7 Å². The number of esters is 1. The molecule has 3 N–H and O–H groups in total. The number of amides is 1. The van der Waals surface area contributed by atoms with Crippen molar-refractivity contribution in [2.45, 2.75) is 45.4 Å². The van der Waals surface area contributed by atoms with Crippen LogP contribution in [0.1, 0.15) is 27.7 Å². The van der Waals surface area contributed by atoms with Gasteiger partial charge in [0.05, 0.1) is 13.2 Å². The van der Waals surface area contributed by atoms with E-state index < -0.39 is 17.6 Å². The Morgan fingerprint density at radius 1 is 1.35 bits per heavy atom. The van der Waals surface area contributed by atoms with Crippen LogP contribution in [0.5, 0.6) is 0 Å². The molecular weight excluding hydrogens is 224 g/mol. The number of aliphatic hydroxyl groups is 1. The number of rotatable bonds is 6. The molecule has 2 unspecified atom stereocenters. The predicted molar refractivity (Wildman–Crippen MR) is 63.4 cm³/mol. The van der Waals surface area contributed by atoms with Crippen LogP contribution in [0, 0.1) is 0 Å². The van der Waals surface area contributed by atoms with Gasteiger partial charge in [-0.05, 0) is 27.7 Å². The third-order valence-electron chi connectivity index (χ3n) is 2.20. The van der Waals surface area contributed by atoms with Crippen LogP contribution < -0.4 is 10.6 Å². The maximum absolute atomic E-state index is 11.5. The van der Waals surface area contributed by atoms with E-state index in [2.05, 4.69) is 15.4 Å². The predicted octanol–water partition coefficient (Wildman–Crippen LogP) is -0.587. The SMILES string of the molecule is COC(=O)C(C)(O)CNC(C)C(=O)NC(C)C. The number of hydrogen-bond donors (Lipinski definition) is 3. The van der Waals surface area contributed by atoms with Gasteiger partial charge in [0.2, 0.25) is 5.91 Å². The largest absolute Gasteiger partial charge is 0.467 e. The van der Waals surface area contributed by atoms with Crippen molar-refractivity contribution in [1.82, 2.24) is 10.6 Å². The van der Waals surface area contributed by atoms with Crippen LogP contribution >= 0.6 is 0 Å². The second-order valence-electron chi connectivity index (χ2n) is 4.53. The molecule has 17 heavy (non-hydrogen) atoms. The molecule has 0 aromatic rings. The molecule has 0 heterocycles. The minimum absolute atomic E-state index is 0.0490. The molecule has 1 amide bonds. The number of carbonyl (C=O) groups is 2. The lowest BCUT2D eigenvalue weighted by Gasteiger charge is -2.23. The van der Waals surface area contributed by atoms with Gasteiger partial charge in [0.15, 0.2) is 5.60 Å². The van der Waals surface area contributed by atoms with Crippen LogP contribution in [-0.4, -0.2) is 48.3 Å². The van der Waals surface area contributed by atoms with Crippen molar-refractivity contribution in [3.05, 3.63) is 0 Å². The normalized spacial score (nSPS) is 16.2. The number of methoxy groups -OCH3 is 1. The molecule has 0 spiro atoms. The number of nitrogens with one attached hydrogen (secondary N) is 2. The van der Waals surface area contributed by atoms with Crippen LogP contribution in [0.2, 0.25) is 0 Å². The van der Waals surface area contributed by atoms with Gasteiger partial charge in [-0.25, -0.2) is 4.79 Å². The zero-order valence-electron chi connectivity index (χ0n) is 11.0. The summed E-state index contributed by atoms with van der Waals surface area (Å²) in [6.45, 7) is 6.65. The quantitative estimate of drug-likeness (QED) is 0.545.